The van der Waals surface area contributed by atoms with E-state index in [1.807, 2.05) is 6.07 Å². The van der Waals surface area contributed by atoms with E-state index in [0.717, 1.165) is 26.0 Å². The molecule has 1 aromatic heterocycles. The Morgan fingerprint density at radius 3 is 2.16 bits per heavy atom. The fourth-order valence-corrected chi connectivity index (χ4v) is 4.25. The number of thiophene rings is 1. The Morgan fingerprint density at radius 1 is 1.05 bits per heavy atom. The predicted molar refractivity (Wildman–Crippen MR) is 91.9 cm³/mol. The smallest absolute Gasteiger partial charge is 0.0882 e. The van der Waals surface area contributed by atoms with Gasteiger partial charge in [-0.2, -0.15) is 0 Å². The topological polar surface area (TPSA) is 20.2 Å². The van der Waals surface area contributed by atoms with Gasteiger partial charge < -0.3 is 5.11 Å². The zero-order chi connectivity index (χ0) is 14.1. The number of unbranched alkanes of at least 4 members (excludes halogenated alkanes) is 7. The summed E-state index contributed by atoms with van der Waals surface area (Å²) in [5.41, 5.74) is 0. The summed E-state index contributed by atoms with van der Waals surface area (Å²) in [6, 6.07) is 2.02. The monoisotopic (exact) mass is 410 g/mol. The molecule has 0 aliphatic heterocycles. The van der Waals surface area contributed by atoms with E-state index in [2.05, 4.69) is 38.8 Å². The first-order chi connectivity index (χ1) is 9.15. The van der Waals surface area contributed by atoms with Gasteiger partial charge in [-0.05, 0) is 44.3 Å². The Morgan fingerprint density at radius 2 is 1.63 bits per heavy atom. The van der Waals surface area contributed by atoms with Gasteiger partial charge in [0.2, 0.25) is 0 Å². The zero-order valence-corrected chi connectivity index (χ0v) is 15.6. The van der Waals surface area contributed by atoms with E-state index in [9.17, 15) is 5.11 Å². The molecule has 4 heteroatoms. The Bertz CT molecular complexity index is 332. The summed E-state index contributed by atoms with van der Waals surface area (Å²) in [7, 11) is 0. The van der Waals surface area contributed by atoms with Crippen molar-refractivity contribution in [1.82, 2.24) is 0 Å². The number of rotatable bonds is 10. The van der Waals surface area contributed by atoms with Crippen LogP contribution in [0.2, 0.25) is 0 Å². The average Bonchev–Trinajstić information content (AvgIpc) is 2.73. The summed E-state index contributed by atoms with van der Waals surface area (Å²) in [5, 5.41) is 10.1. The third kappa shape index (κ3) is 7.26. The minimum atomic E-state index is -0.298. The van der Waals surface area contributed by atoms with E-state index in [1.54, 1.807) is 11.3 Å². The molecule has 0 spiro atoms. The highest BCUT2D eigenvalue weighted by molar-refractivity contribution is 9.13. The lowest BCUT2D eigenvalue weighted by Gasteiger charge is -2.08. The average molecular weight is 412 g/mol. The highest BCUT2D eigenvalue weighted by Gasteiger charge is 2.12. The number of aliphatic hydroxyl groups excluding tert-OH is 1. The highest BCUT2D eigenvalue weighted by atomic mass is 79.9. The number of halogens is 2. The Balaban J connectivity index is 2.06. The third-order valence-corrected chi connectivity index (χ3v) is 6.68. The number of hydrogen-bond acceptors (Lipinski definition) is 2. The molecule has 1 nitrogen and oxygen atoms in total. The lowest BCUT2D eigenvalue weighted by Crippen LogP contribution is -1.94. The predicted octanol–water partition coefficient (Wildman–Crippen LogP) is 6.84. The molecule has 1 heterocycles. The molecule has 1 unspecified atom stereocenters. The van der Waals surface area contributed by atoms with Crippen LogP contribution in [0.5, 0.6) is 0 Å². The van der Waals surface area contributed by atoms with Crippen LogP contribution >= 0.6 is 43.2 Å². The van der Waals surface area contributed by atoms with Crippen molar-refractivity contribution < 1.29 is 5.11 Å². The van der Waals surface area contributed by atoms with Crippen molar-refractivity contribution in [2.45, 2.75) is 70.8 Å². The molecule has 110 valence electrons. The van der Waals surface area contributed by atoms with E-state index in [-0.39, 0.29) is 6.10 Å². The maximum atomic E-state index is 10.1. The van der Waals surface area contributed by atoms with Crippen LogP contribution in [-0.4, -0.2) is 5.11 Å². The van der Waals surface area contributed by atoms with E-state index in [1.165, 1.54) is 44.9 Å². The normalized spacial score (nSPS) is 12.8. The van der Waals surface area contributed by atoms with Crippen LogP contribution in [0.25, 0.3) is 0 Å². The second-order valence-electron chi connectivity index (χ2n) is 5.05. The van der Waals surface area contributed by atoms with Crippen LogP contribution in [0.3, 0.4) is 0 Å². The van der Waals surface area contributed by atoms with E-state index in [0.29, 0.717) is 0 Å². The molecule has 19 heavy (non-hydrogen) atoms. The van der Waals surface area contributed by atoms with E-state index in [4.69, 9.17) is 0 Å². The first-order valence-corrected chi connectivity index (χ1v) is 9.68. The molecule has 1 aromatic rings. The van der Waals surface area contributed by atoms with Crippen molar-refractivity contribution in [2.75, 3.05) is 0 Å². The molecule has 0 radical (unpaired) electrons. The van der Waals surface area contributed by atoms with Crippen molar-refractivity contribution in [3.63, 3.8) is 0 Å². The third-order valence-electron chi connectivity index (χ3n) is 3.32. The van der Waals surface area contributed by atoms with E-state index < -0.39 is 0 Å². The van der Waals surface area contributed by atoms with Gasteiger partial charge in [0.15, 0.2) is 0 Å². The van der Waals surface area contributed by atoms with Crippen LogP contribution in [0.4, 0.5) is 0 Å². The maximum Gasteiger partial charge on any atom is 0.0882 e. The van der Waals surface area contributed by atoms with Gasteiger partial charge in [0, 0.05) is 9.35 Å². The van der Waals surface area contributed by atoms with Gasteiger partial charge in [0.25, 0.3) is 0 Å². The molecule has 1 atom stereocenters. The van der Waals surface area contributed by atoms with Crippen molar-refractivity contribution in [2.24, 2.45) is 0 Å². The minimum absolute atomic E-state index is 0.298. The number of aliphatic hydroxyl groups is 1. The summed E-state index contributed by atoms with van der Waals surface area (Å²) in [4.78, 5) is 1.06. The fourth-order valence-electron chi connectivity index (χ4n) is 2.14. The molecule has 0 amide bonds. The molecule has 0 saturated carbocycles. The number of hydrogen-bond donors (Lipinski definition) is 1. The van der Waals surface area contributed by atoms with Gasteiger partial charge in [-0.1, -0.05) is 58.3 Å². The zero-order valence-electron chi connectivity index (χ0n) is 11.6. The molecule has 0 aliphatic carbocycles. The second-order valence-corrected chi connectivity index (χ2v) is 8.31. The molecular weight excluding hydrogens is 388 g/mol. The van der Waals surface area contributed by atoms with Gasteiger partial charge >= 0.3 is 0 Å². The van der Waals surface area contributed by atoms with Crippen molar-refractivity contribution >= 4 is 43.2 Å². The first-order valence-electron chi connectivity index (χ1n) is 7.28. The Hall–Kier alpha value is 0.620. The first kappa shape index (κ1) is 17.7. The molecule has 0 aromatic carbocycles. The summed E-state index contributed by atoms with van der Waals surface area (Å²) < 4.78 is 2.11. The van der Waals surface area contributed by atoms with Gasteiger partial charge in [-0.25, -0.2) is 0 Å². The molecular formula is C15H24Br2OS. The van der Waals surface area contributed by atoms with Crippen molar-refractivity contribution in [3.05, 3.63) is 19.2 Å². The van der Waals surface area contributed by atoms with Crippen LogP contribution in [-0.2, 0) is 0 Å². The Kier molecular flexibility index (Phi) is 9.64. The van der Waals surface area contributed by atoms with Gasteiger partial charge in [0.1, 0.15) is 0 Å². The lowest BCUT2D eigenvalue weighted by atomic mass is 10.1. The molecule has 0 fully saturated rings. The van der Waals surface area contributed by atoms with Crippen LogP contribution < -0.4 is 0 Å². The summed E-state index contributed by atoms with van der Waals surface area (Å²) in [5.74, 6) is 0. The van der Waals surface area contributed by atoms with Gasteiger partial charge in [0.05, 0.1) is 9.89 Å². The summed E-state index contributed by atoms with van der Waals surface area (Å²) in [6.45, 7) is 2.25. The molecule has 1 N–H and O–H groups in total. The van der Waals surface area contributed by atoms with Crippen LogP contribution in [0.1, 0.15) is 75.7 Å². The van der Waals surface area contributed by atoms with Crippen LogP contribution in [0.15, 0.2) is 14.3 Å². The standard InChI is InChI=1S/C15H24Br2OS/c1-2-3-4-5-6-7-8-9-10-13(18)14-11-12(16)15(17)19-14/h11,13,18H,2-10H2,1H3. The van der Waals surface area contributed by atoms with E-state index >= 15 is 0 Å². The minimum Gasteiger partial charge on any atom is -0.388 e. The molecule has 0 saturated heterocycles. The second kappa shape index (κ2) is 10.4. The van der Waals surface area contributed by atoms with Gasteiger partial charge in [-0.15, -0.1) is 11.3 Å². The lowest BCUT2D eigenvalue weighted by molar-refractivity contribution is 0.167. The quantitative estimate of drug-likeness (QED) is 0.418. The molecule has 1 rings (SSSR count). The highest BCUT2D eigenvalue weighted by Crippen LogP contribution is 2.36. The SMILES string of the molecule is CCCCCCCCCCC(O)c1cc(Br)c(Br)s1. The van der Waals surface area contributed by atoms with Crippen molar-refractivity contribution in [3.8, 4) is 0 Å². The molecule has 0 bridgehead atoms. The maximum absolute atomic E-state index is 10.1. The Labute approximate surface area is 138 Å². The summed E-state index contributed by atoms with van der Waals surface area (Å²) >= 11 is 8.55. The van der Waals surface area contributed by atoms with Crippen molar-refractivity contribution in [1.29, 1.82) is 0 Å². The molecule has 0 aliphatic rings. The van der Waals surface area contributed by atoms with Crippen LogP contribution in [0, 0.1) is 0 Å². The fraction of sp³-hybridized carbons (Fsp3) is 0.733. The van der Waals surface area contributed by atoms with Gasteiger partial charge in [-0.3, -0.25) is 0 Å². The largest absolute Gasteiger partial charge is 0.388 e. The summed E-state index contributed by atoms with van der Waals surface area (Å²) in [6.07, 6.45) is 11.1.